The summed E-state index contributed by atoms with van der Waals surface area (Å²) in [7, 11) is 4.11. The lowest BCUT2D eigenvalue weighted by atomic mass is 10.1. The molecular weight excluding hydrogens is 289 g/mol. The van der Waals surface area contributed by atoms with Gasteiger partial charge in [0.05, 0.1) is 5.56 Å². The zero-order valence-corrected chi connectivity index (χ0v) is 13.4. The Hall–Kier alpha value is -2.46. The summed E-state index contributed by atoms with van der Waals surface area (Å²) < 4.78 is 16.0. The molecule has 0 bridgehead atoms. The zero-order valence-electron chi connectivity index (χ0n) is 13.4. The molecule has 1 heterocycles. The van der Waals surface area contributed by atoms with Crippen LogP contribution >= 0.6 is 0 Å². The molecule has 0 saturated heterocycles. The fourth-order valence-electron chi connectivity index (χ4n) is 2.64. The Balaban J connectivity index is 1.82. The maximum Gasteiger partial charge on any atom is 0.143 e. The molecule has 0 unspecified atom stereocenters. The van der Waals surface area contributed by atoms with Crippen molar-refractivity contribution in [2.45, 2.75) is 13.1 Å². The molecule has 0 amide bonds. The predicted octanol–water partition coefficient (Wildman–Crippen LogP) is 3.80. The SMILES string of the molecule is CN(C)Cc1ccc(Cn2ccnc2-c2ccccc2F)cc1. The molecule has 0 aliphatic rings. The Morgan fingerprint density at radius 2 is 1.70 bits per heavy atom. The molecule has 2 aromatic carbocycles. The van der Waals surface area contributed by atoms with Crippen molar-refractivity contribution >= 4 is 0 Å². The summed E-state index contributed by atoms with van der Waals surface area (Å²) in [5.74, 6) is 0.404. The van der Waals surface area contributed by atoms with E-state index >= 15 is 0 Å². The third-order valence-electron chi connectivity index (χ3n) is 3.70. The smallest absolute Gasteiger partial charge is 0.143 e. The second kappa shape index (κ2) is 6.75. The number of aromatic nitrogens is 2. The highest BCUT2D eigenvalue weighted by molar-refractivity contribution is 5.56. The third kappa shape index (κ3) is 3.66. The van der Waals surface area contributed by atoms with Gasteiger partial charge in [0.2, 0.25) is 0 Å². The molecule has 0 saturated carbocycles. The van der Waals surface area contributed by atoms with Gasteiger partial charge in [0.1, 0.15) is 11.6 Å². The molecule has 3 nitrogen and oxygen atoms in total. The molecule has 0 N–H and O–H groups in total. The first-order chi connectivity index (χ1) is 11.1. The van der Waals surface area contributed by atoms with Crippen LogP contribution in [-0.2, 0) is 13.1 Å². The highest BCUT2D eigenvalue weighted by atomic mass is 19.1. The first-order valence-corrected chi connectivity index (χ1v) is 7.62. The molecular formula is C19H20FN3. The summed E-state index contributed by atoms with van der Waals surface area (Å²) in [6.45, 7) is 1.59. The molecule has 0 aliphatic carbocycles. The van der Waals surface area contributed by atoms with E-state index in [9.17, 15) is 4.39 Å². The zero-order chi connectivity index (χ0) is 16.2. The van der Waals surface area contributed by atoms with Crippen molar-refractivity contribution in [2.75, 3.05) is 14.1 Å². The Morgan fingerprint density at radius 1 is 1.00 bits per heavy atom. The van der Waals surface area contributed by atoms with Gasteiger partial charge in [-0.3, -0.25) is 0 Å². The lowest BCUT2D eigenvalue weighted by Crippen LogP contribution is -2.10. The Kier molecular flexibility index (Phi) is 4.53. The van der Waals surface area contributed by atoms with Crippen LogP contribution in [0.4, 0.5) is 4.39 Å². The van der Waals surface area contributed by atoms with Gasteiger partial charge in [0, 0.05) is 25.5 Å². The van der Waals surface area contributed by atoms with Crippen LogP contribution in [0.3, 0.4) is 0 Å². The van der Waals surface area contributed by atoms with Crippen LogP contribution in [0.5, 0.6) is 0 Å². The minimum atomic E-state index is -0.249. The minimum absolute atomic E-state index is 0.249. The van der Waals surface area contributed by atoms with Gasteiger partial charge in [-0.05, 0) is 37.4 Å². The van der Waals surface area contributed by atoms with Gasteiger partial charge in [0.25, 0.3) is 0 Å². The molecule has 0 fully saturated rings. The molecule has 118 valence electrons. The van der Waals surface area contributed by atoms with Crippen molar-refractivity contribution in [2.24, 2.45) is 0 Å². The van der Waals surface area contributed by atoms with Crippen molar-refractivity contribution in [1.82, 2.24) is 14.5 Å². The van der Waals surface area contributed by atoms with E-state index in [1.54, 1.807) is 18.3 Å². The summed E-state index contributed by atoms with van der Waals surface area (Å²) >= 11 is 0. The standard InChI is InChI=1S/C19H20FN3/c1-22(2)13-15-7-9-16(10-8-15)14-23-12-11-21-19(23)17-5-3-4-6-18(17)20/h3-12H,13-14H2,1-2H3. The van der Waals surface area contributed by atoms with E-state index in [4.69, 9.17) is 0 Å². The van der Waals surface area contributed by atoms with Gasteiger partial charge in [-0.15, -0.1) is 0 Å². The van der Waals surface area contributed by atoms with E-state index in [2.05, 4.69) is 48.2 Å². The average molecular weight is 309 g/mol. The maximum absolute atomic E-state index is 14.0. The van der Waals surface area contributed by atoms with Crippen molar-refractivity contribution in [3.63, 3.8) is 0 Å². The van der Waals surface area contributed by atoms with Gasteiger partial charge in [-0.2, -0.15) is 0 Å². The molecule has 0 aliphatic heterocycles. The van der Waals surface area contributed by atoms with Gasteiger partial charge in [-0.1, -0.05) is 36.4 Å². The topological polar surface area (TPSA) is 21.1 Å². The van der Waals surface area contributed by atoms with Crippen LogP contribution in [-0.4, -0.2) is 28.5 Å². The highest BCUT2D eigenvalue weighted by Crippen LogP contribution is 2.21. The number of rotatable bonds is 5. The molecule has 23 heavy (non-hydrogen) atoms. The molecule has 1 aromatic heterocycles. The van der Waals surface area contributed by atoms with Crippen molar-refractivity contribution in [1.29, 1.82) is 0 Å². The van der Waals surface area contributed by atoms with Crippen LogP contribution in [0.1, 0.15) is 11.1 Å². The Labute approximate surface area is 136 Å². The number of halogens is 1. The summed E-state index contributed by atoms with van der Waals surface area (Å²) in [5, 5.41) is 0. The Bertz CT molecular complexity index is 775. The van der Waals surface area contributed by atoms with Gasteiger partial charge >= 0.3 is 0 Å². The summed E-state index contributed by atoms with van der Waals surface area (Å²) in [6.07, 6.45) is 3.59. The third-order valence-corrected chi connectivity index (χ3v) is 3.70. The quantitative estimate of drug-likeness (QED) is 0.715. The van der Waals surface area contributed by atoms with E-state index < -0.39 is 0 Å². The number of benzene rings is 2. The fourth-order valence-corrected chi connectivity index (χ4v) is 2.64. The van der Waals surface area contributed by atoms with Gasteiger partial charge < -0.3 is 9.47 Å². The van der Waals surface area contributed by atoms with Crippen molar-refractivity contribution < 1.29 is 4.39 Å². The van der Waals surface area contributed by atoms with E-state index in [-0.39, 0.29) is 5.82 Å². The number of hydrogen-bond donors (Lipinski definition) is 0. The molecule has 0 radical (unpaired) electrons. The van der Waals surface area contributed by atoms with Crippen LogP contribution in [0.25, 0.3) is 11.4 Å². The predicted molar refractivity (Wildman–Crippen MR) is 90.6 cm³/mol. The second-order valence-corrected chi connectivity index (χ2v) is 5.91. The van der Waals surface area contributed by atoms with Crippen LogP contribution in [0.15, 0.2) is 60.9 Å². The lowest BCUT2D eigenvalue weighted by molar-refractivity contribution is 0.402. The average Bonchev–Trinajstić information content (AvgIpc) is 2.97. The number of hydrogen-bond acceptors (Lipinski definition) is 2. The minimum Gasteiger partial charge on any atom is -0.326 e. The summed E-state index contributed by atoms with van der Waals surface area (Å²) in [5.41, 5.74) is 2.98. The highest BCUT2D eigenvalue weighted by Gasteiger charge is 2.10. The monoisotopic (exact) mass is 309 g/mol. The maximum atomic E-state index is 14.0. The molecule has 3 aromatic rings. The van der Waals surface area contributed by atoms with E-state index in [1.165, 1.54) is 17.2 Å². The van der Waals surface area contributed by atoms with E-state index in [0.29, 0.717) is 17.9 Å². The van der Waals surface area contributed by atoms with Crippen LogP contribution in [0, 0.1) is 5.82 Å². The second-order valence-electron chi connectivity index (χ2n) is 5.91. The summed E-state index contributed by atoms with van der Waals surface area (Å²) in [6, 6.07) is 15.2. The molecule has 4 heteroatoms. The van der Waals surface area contributed by atoms with Crippen molar-refractivity contribution in [3.05, 3.63) is 77.9 Å². The van der Waals surface area contributed by atoms with Crippen molar-refractivity contribution in [3.8, 4) is 11.4 Å². The number of imidazole rings is 1. The lowest BCUT2D eigenvalue weighted by Gasteiger charge is -2.11. The molecule has 0 spiro atoms. The molecule has 0 atom stereocenters. The van der Waals surface area contributed by atoms with Crippen LogP contribution in [0.2, 0.25) is 0 Å². The first kappa shape index (κ1) is 15.4. The summed E-state index contributed by atoms with van der Waals surface area (Å²) in [4.78, 5) is 6.46. The Morgan fingerprint density at radius 3 is 2.39 bits per heavy atom. The van der Waals surface area contributed by atoms with Crippen LogP contribution < -0.4 is 0 Å². The van der Waals surface area contributed by atoms with E-state index in [1.807, 2.05) is 16.8 Å². The normalized spacial score (nSPS) is 11.1. The largest absolute Gasteiger partial charge is 0.326 e. The van der Waals surface area contributed by atoms with Gasteiger partial charge in [-0.25, -0.2) is 9.37 Å². The number of nitrogens with zero attached hydrogens (tertiary/aromatic N) is 3. The van der Waals surface area contributed by atoms with E-state index in [0.717, 1.165) is 6.54 Å². The molecule has 3 rings (SSSR count). The fraction of sp³-hybridized carbons (Fsp3) is 0.211. The van der Waals surface area contributed by atoms with Gasteiger partial charge in [0.15, 0.2) is 0 Å². The first-order valence-electron chi connectivity index (χ1n) is 7.62.